The first-order valence-corrected chi connectivity index (χ1v) is 8.61. The number of ether oxygens (including phenoxy) is 2. The van der Waals surface area contributed by atoms with Gasteiger partial charge in [-0.15, -0.1) is 11.8 Å². The Kier molecular flexibility index (Phi) is 4.71. The number of nitrogens with zero attached hydrogens (tertiary/aromatic N) is 1. The van der Waals surface area contributed by atoms with Crippen LogP contribution in [0, 0.1) is 0 Å². The number of pyridine rings is 1. The lowest BCUT2D eigenvalue weighted by Gasteiger charge is -2.21. The maximum atomic E-state index is 12.5. The number of nitrogens with one attached hydrogen (secondary N) is 1. The van der Waals surface area contributed by atoms with Gasteiger partial charge in [0.25, 0.3) is 5.91 Å². The molecule has 6 heteroatoms. The molecule has 1 aliphatic heterocycles. The molecule has 0 saturated carbocycles. The molecule has 0 saturated heterocycles. The molecule has 1 amide bonds. The number of hydrogen-bond donors (Lipinski definition) is 1. The Labute approximate surface area is 139 Å². The van der Waals surface area contributed by atoms with E-state index in [-0.39, 0.29) is 11.9 Å². The van der Waals surface area contributed by atoms with Crippen LogP contribution in [0.4, 0.5) is 0 Å². The summed E-state index contributed by atoms with van der Waals surface area (Å²) in [4.78, 5) is 16.7. The molecule has 0 aliphatic carbocycles. The normalized spacial score (nSPS) is 14.2. The van der Waals surface area contributed by atoms with Crippen LogP contribution in [-0.2, 0) is 0 Å². The summed E-state index contributed by atoms with van der Waals surface area (Å²) in [5, 5.41) is 3.73. The molecule has 0 unspecified atom stereocenters. The van der Waals surface area contributed by atoms with Crippen LogP contribution in [-0.4, -0.2) is 30.4 Å². The van der Waals surface area contributed by atoms with E-state index < -0.39 is 0 Å². The van der Waals surface area contributed by atoms with Gasteiger partial charge in [-0.3, -0.25) is 4.79 Å². The van der Waals surface area contributed by atoms with Crippen LogP contribution in [0.5, 0.6) is 11.5 Å². The number of fused-ring (bicyclic) bond motifs is 1. The van der Waals surface area contributed by atoms with Crippen molar-refractivity contribution >= 4 is 17.7 Å². The number of amides is 1. The van der Waals surface area contributed by atoms with Gasteiger partial charge >= 0.3 is 0 Å². The molecule has 1 aromatic heterocycles. The average Bonchev–Trinajstić information content (AvgIpc) is 2.61. The molecule has 5 nitrogen and oxygen atoms in total. The van der Waals surface area contributed by atoms with Crippen molar-refractivity contribution in [1.29, 1.82) is 0 Å². The van der Waals surface area contributed by atoms with Crippen LogP contribution >= 0.6 is 11.8 Å². The van der Waals surface area contributed by atoms with E-state index in [1.54, 1.807) is 18.3 Å². The van der Waals surface area contributed by atoms with Gasteiger partial charge in [0.15, 0.2) is 11.5 Å². The smallest absolute Gasteiger partial charge is 0.254 e. The molecule has 0 fully saturated rings. The Balaban J connectivity index is 1.76. The van der Waals surface area contributed by atoms with E-state index in [2.05, 4.69) is 10.3 Å². The van der Waals surface area contributed by atoms with Crippen molar-refractivity contribution in [2.75, 3.05) is 19.5 Å². The van der Waals surface area contributed by atoms with Gasteiger partial charge < -0.3 is 14.8 Å². The molecule has 1 atom stereocenters. The topological polar surface area (TPSA) is 60.5 Å². The van der Waals surface area contributed by atoms with E-state index >= 15 is 0 Å². The molecule has 23 heavy (non-hydrogen) atoms. The van der Waals surface area contributed by atoms with Crippen molar-refractivity contribution in [1.82, 2.24) is 10.3 Å². The van der Waals surface area contributed by atoms with Crippen molar-refractivity contribution in [3.8, 4) is 11.5 Å². The average molecular weight is 330 g/mol. The van der Waals surface area contributed by atoms with Crippen molar-refractivity contribution in [2.24, 2.45) is 0 Å². The van der Waals surface area contributed by atoms with Crippen LogP contribution < -0.4 is 14.8 Å². The van der Waals surface area contributed by atoms with Crippen LogP contribution in [0.15, 0.2) is 41.6 Å². The molecular formula is C17H18N2O3S. The predicted octanol–water partition coefficient (Wildman–Crippen LogP) is 3.07. The van der Waals surface area contributed by atoms with E-state index in [0.717, 1.165) is 22.1 Å². The van der Waals surface area contributed by atoms with E-state index in [9.17, 15) is 4.79 Å². The summed E-state index contributed by atoms with van der Waals surface area (Å²) in [6.07, 6.45) is 3.59. The van der Waals surface area contributed by atoms with Gasteiger partial charge in [0.1, 0.15) is 18.2 Å². The number of carbonyl (C=O) groups is 1. The number of thioether (sulfide) groups is 1. The first-order chi connectivity index (χ1) is 11.2. The highest BCUT2D eigenvalue weighted by atomic mass is 32.2. The monoisotopic (exact) mass is 330 g/mol. The standard InChI is InChI=1S/C17H18N2O3S/c1-11(12-5-6-14-15(10-12)22-9-8-21-14)19-16(20)13-4-3-7-18-17(13)23-2/h3-7,10-11H,8-9H2,1-2H3,(H,19,20)/t11-/m1/s1. The molecule has 2 heterocycles. The molecule has 120 valence electrons. The molecule has 1 aromatic carbocycles. The van der Waals surface area contributed by atoms with Gasteiger partial charge in [-0.1, -0.05) is 6.07 Å². The van der Waals surface area contributed by atoms with Gasteiger partial charge in [0.2, 0.25) is 0 Å². The third kappa shape index (κ3) is 3.42. The second-order valence-electron chi connectivity index (χ2n) is 5.16. The summed E-state index contributed by atoms with van der Waals surface area (Å²) in [7, 11) is 0. The second kappa shape index (κ2) is 6.91. The molecular weight excluding hydrogens is 312 g/mol. The van der Waals surface area contributed by atoms with E-state index in [1.165, 1.54) is 11.8 Å². The summed E-state index contributed by atoms with van der Waals surface area (Å²) in [6, 6.07) is 9.14. The number of aromatic nitrogens is 1. The van der Waals surface area contributed by atoms with Gasteiger partial charge in [-0.2, -0.15) is 0 Å². The molecule has 1 N–H and O–H groups in total. The number of hydrogen-bond acceptors (Lipinski definition) is 5. The Morgan fingerprint density at radius 2 is 2.04 bits per heavy atom. The molecule has 3 rings (SSSR count). The van der Waals surface area contributed by atoms with Crippen LogP contribution in [0.2, 0.25) is 0 Å². The minimum atomic E-state index is -0.145. The Bertz CT molecular complexity index is 721. The summed E-state index contributed by atoms with van der Waals surface area (Å²) < 4.78 is 11.1. The molecule has 0 bridgehead atoms. The Hall–Kier alpha value is -2.21. The summed E-state index contributed by atoms with van der Waals surface area (Å²) in [5.74, 6) is 1.33. The van der Waals surface area contributed by atoms with E-state index in [0.29, 0.717) is 18.8 Å². The molecule has 0 spiro atoms. The highest BCUT2D eigenvalue weighted by molar-refractivity contribution is 7.98. The molecule has 1 aliphatic rings. The maximum absolute atomic E-state index is 12.5. The SMILES string of the molecule is CSc1ncccc1C(=O)N[C@H](C)c1ccc2c(c1)OCCO2. The number of carbonyl (C=O) groups excluding carboxylic acids is 1. The third-order valence-corrected chi connectivity index (χ3v) is 4.33. The predicted molar refractivity (Wildman–Crippen MR) is 89.3 cm³/mol. The zero-order valence-corrected chi connectivity index (χ0v) is 13.9. The van der Waals surface area contributed by atoms with Gasteiger partial charge in [0.05, 0.1) is 11.6 Å². The van der Waals surface area contributed by atoms with Crippen LogP contribution in [0.1, 0.15) is 28.9 Å². The fourth-order valence-electron chi connectivity index (χ4n) is 2.41. The highest BCUT2D eigenvalue weighted by Gasteiger charge is 2.18. The van der Waals surface area contributed by atoms with E-state index in [4.69, 9.17) is 9.47 Å². The highest BCUT2D eigenvalue weighted by Crippen LogP contribution is 2.32. The zero-order valence-electron chi connectivity index (χ0n) is 13.0. The second-order valence-corrected chi connectivity index (χ2v) is 5.95. The molecule has 0 radical (unpaired) electrons. The number of rotatable bonds is 4. The van der Waals surface area contributed by atoms with Gasteiger partial charge in [-0.05, 0) is 43.0 Å². The minimum absolute atomic E-state index is 0.134. The first kappa shape index (κ1) is 15.7. The van der Waals surface area contributed by atoms with Crippen LogP contribution in [0.3, 0.4) is 0 Å². The van der Waals surface area contributed by atoms with Crippen LogP contribution in [0.25, 0.3) is 0 Å². The van der Waals surface area contributed by atoms with Crippen molar-refractivity contribution in [2.45, 2.75) is 18.0 Å². The van der Waals surface area contributed by atoms with Crippen molar-refractivity contribution in [3.63, 3.8) is 0 Å². The Morgan fingerprint density at radius 1 is 1.26 bits per heavy atom. The zero-order chi connectivity index (χ0) is 16.2. The fourth-order valence-corrected chi connectivity index (χ4v) is 2.96. The summed E-state index contributed by atoms with van der Waals surface area (Å²) in [5.41, 5.74) is 1.56. The lowest BCUT2D eigenvalue weighted by Crippen LogP contribution is -2.27. The first-order valence-electron chi connectivity index (χ1n) is 7.38. The van der Waals surface area contributed by atoms with Gasteiger partial charge in [0, 0.05) is 6.20 Å². The fraction of sp³-hybridized carbons (Fsp3) is 0.294. The molecule has 2 aromatic rings. The number of benzene rings is 1. The maximum Gasteiger partial charge on any atom is 0.254 e. The largest absolute Gasteiger partial charge is 0.486 e. The lowest BCUT2D eigenvalue weighted by molar-refractivity contribution is 0.0936. The van der Waals surface area contributed by atoms with Crippen molar-refractivity contribution in [3.05, 3.63) is 47.7 Å². The summed E-state index contributed by atoms with van der Waals surface area (Å²) >= 11 is 1.46. The third-order valence-electron chi connectivity index (χ3n) is 3.62. The lowest BCUT2D eigenvalue weighted by atomic mass is 10.1. The summed E-state index contributed by atoms with van der Waals surface area (Å²) in [6.45, 7) is 3.06. The Morgan fingerprint density at radius 3 is 2.83 bits per heavy atom. The van der Waals surface area contributed by atoms with E-state index in [1.807, 2.05) is 31.4 Å². The van der Waals surface area contributed by atoms with Crippen molar-refractivity contribution < 1.29 is 14.3 Å². The minimum Gasteiger partial charge on any atom is -0.486 e. The van der Waals surface area contributed by atoms with Gasteiger partial charge in [-0.25, -0.2) is 4.98 Å². The quantitative estimate of drug-likeness (QED) is 0.873.